The number of rotatable bonds is 8. The Bertz CT molecular complexity index is 1370. The molecule has 5 aromatic rings. The fourth-order valence-electron chi connectivity index (χ4n) is 4.08. The van der Waals surface area contributed by atoms with Crippen molar-refractivity contribution in [3.05, 3.63) is 156 Å². The zero-order valence-corrected chi connectivity index (χ0v) is 20.2. The van der Waals surface area contributed by atoms with Gasteiger partial charge in [-0.25, -0.2) is 0 Å². The lowest BCUT2D eigenvalue weighted by atomic mass is 10.0. The van der Waals surface area contributed by atoms with E-state index >= 15 is 0 Å². The largest absolute Gasteiger partial charge is 0.489 e. The smallest absolute Gasteiger partial charge is 0.193 e. The van der Waals surface area contributed by atoms with Crippen molar-refractivity contribution in [2.45, 2.75) is 13.5 Å². The summed E-state index contributed by atoms with van der Waals surface area (Å²) in [4.78, 5) is 15.3. The van der Waals surface area contributed by atoms with Crippen molar-refractivity contribution >= 4 is 22.8 Å². The number of nitrogens with zero attached hydrogens (tertiary/aromatic N) is 1. The summed E-state index contributed by atoms with van der Waals surface area (Å²) in [6.07, 6.45) is 0. The number of hydrogen-bond acceptors (Lipinski definition) is 3. The van der Waals surface area contributed by atoms with Gasteiger partial charge < -0.3 is 9.64 Å². The molecule has 0 spiro atoms. The Morgan fingerprint density at radius 3 is 1.58 bits per heavy atom. The minimum atomic E-state index is -0.00137. The van der Waals surface area contributed by atoms with Gasteiger partial charge in [-0.2, -0.15) is 0 Å². The first-order chi connectivity index (χ1) is 17.7. The van der Waals surface area contributed by atoms with Gasteiger partial charge in [0, 0.05) is 28.2 Å². The highest BCUT2D eigenvalue weighted by Gasteiger charge is 2.14. The topological polar surface area (TPSA) is 29.5 Å². The standard InChI is InChI=1S/C33H27NO2/c1-25-12-22-32(23-13-25)36-24-26-14-16-27(17-15-26)33(35)28-18-20-31(21-19-28)34(29-8-4-2-5-9-29)30-10-6-3-7-11-30/h2-23H,24H2,1H3. The van der Waals surface area contributed by atoms with E-state index in [2.05, 4.69) is 36.1 Å². The molecular formula is C33H27NO2. The van der Waals surface area contributed by atoms with Gasteiger partial charge in [-0.15, -0.1) is 0 Å². The first kappa shape index (κ1) is 23.1. The first-order valence-electron chi connectivity index (χ1n) is 12.0. The highest BCUT2D eigenvalue weighted by atomic mass is 16.5. The maximum absolute atomic E-state index is 13.1. The Labute approximate surface area is 212 Å². The number of ketones is 1. The number of aryl methyl sites for hydroxylation is 1. The summed E-state index contributed by atoms with van der Waals surface area (Å²) in [6.45, 7) is 2.51. The van der Waals surface area contributed by atoms with E-state index < -0.39 is 0 Å². The van der Waals surface area contributed by atoms with Crippen LogP contribution < -0.4 is 9.64 Å². The molecule has 0 unspecified atom stereocenters. The molecular weight excluding hydrogens is 442 g/mol. The number of anilines is 3. The molecule has 0 bridgehead atoms. The number of ether oxygens (including phenoxy) is 1. The highest BCUT2D eigenvalue weighted by Crippen LogP contribution is 2.34. The van der Waals surface area contributed by atoms with E-state index in [-0.39, 0.29) is 5.78 Å². The molecule has 0 amide bonds. The van der Waals surface area contributed by atoms with E-state index in [0.29, 0.717) is 17.7 Å². The summed E-state index contributed by atoms with van der Waals surface area (Å²) >= 11 is 0. The van der Waals surface area contributed by atoms with Crippen LogP contribution in [0.15, 0.2) is 133 Å². The number of hydrogen-bond donors (Lipinski definition) is 0. The van der Waals surface area contributed by atoms with Crippen LogP contribution in [0.4, 0.5) is 17.1 Å². The summed E-state index contributed by atoms with van der Waals surface area (Å²) in [5.74, 6) is 0.833. The molecule has 0 aliphatic carbocycles. The van der Waals surface area contributed by atoms with E-state index in [9.17, 15) is 4.79 Å². The molecule has 0 aliphatic rings. The van der Waals surface area contributed by atoms with E-state index in [1.807, 2.05) is 109 Å². The van der Waals surface area contributed by atoms with Gasteiger partial charge in [0.25, 0.3) is 0 Å². The lowest BCUT2D eigenvalue weighted by Gasteiger charge is -2.25. The predicted octanol–water partition coefficient (Wildman–Crippen LogP) is 8.27. The molecule has 0 saturated heterocycles. The van der Waals surface area contributed by atoms with Gasteiger partial charge in [-0.3, -0.25) is 4.79 Å². The van der Waals surface area contributed by atoms with Crippen LogP contribution >= 0.6 is 0 Å². The number of carbonyl (C=O) groups is 1. The molecule has 3 nitrogen and oxygen atoms in total. The average Bonchev–Trinajstić information content (AvgIpc) is 2.94. The van der Waals surface area contributed by atoms with Crippen molar-refractivity contribution in [3.8, 4) is 5.75 Å². The number of carbonyl (C=O) groups excluding carboxylic acids is 1. The maximum atomic E-state index is 13.1. The molecule has 0 aliphatic heterocycles. The molecule has 5 aromatic carbocycles. The van der Waals surface area contributed by atoms with Gasteiger partial charge in [0.05, 0.1) is 0 Å². The SMILES string of the molecule is Cc1ccc(OCc2ccc(C(=O)c3ccc(N(c4ccccc4)c4ccccc4)cc3)cc2)cc1. The second-order valence-corrected chi connectivity index (χ2v) is 8.68. The first-order valence-corrected chi connectivity index (χ1v) is 12.0. The number of para-hydroxylation sites is 2. The Balaban J connectivity index is 1.31. The summed E-state index contributed by atoms with van der Waals surface area (Å²) in [5, 5.41) is 0. The van der Waals surface area contributed by atoms with E-state index in [1.54, 1.807) is 0 Å². The highest BCUT2D eigenvalue weighted by molar-refractivity contribution is 6.09. The van der Waals surface area contributed by atoms with Crippen LogP contribution in [0.5, 0.6) is 5.75 Å². The van der Waals surface area contributed by atoms with Gasteiger partial charge in [-0.05, 0) is 73.2 Å². The molecule has 176 valence electrons. The van der Waals surface area contributed by atoms with E-state index in [0.717, 1.165) is 28.4 Å². The monoisotopic (exact) mass is 469 g/mol. The normalized spacial score (nSPS) is 10.6. The summed E-state index contributed by atoms with van der Waals surface area (Å²) in [7, 11) is 0. The second-order valence-electron chi connectivity index (χ2n) is 8.68. The quantitative estimate of drug-likeness (QED) is 0.214. The van der Waals surface area contributed by atoms with Crippen LogP contribution in [0.2, 0.25) is 0 Å². The minimum Gasteiger partial charge on any atom is -0.489 e. The van der Waals surface area contributed by atoms with Gasteiger partial charge in [0.1, 0.15) is 12.4 Å². The molecule has 0 fully saturated rings. The molecule has 0 atom stereocenters. The fraction of sp³-hybridized carbons (Fsp3) is 0.0606. The maximum Gasteiger partial charge on any atom is 0.193 e. The van der Waals surface area contributed by atoms with Crippen molar-refractivity contribution in [3.63, 3.8) is 0 Å². The molecule has 36 heavy (non-hydrogen) atoms. The van der Waals surface area contributed by atoms with Crippen LogP contribution in [0.3, 0.4) is 0 Å². The third-order valence-corrected chi connectivity index (χ3v) is 6.06. The Hall–Kier alpha value is -4.63. The predicted molar refractivity (Wildman–Crippen MR) is 147 cm³/mol. The molecule has 0 N–H and O–H groups in total. The lowest BCUT2D eigenvalue weighted by molar-refractivity contribution is 0.103. The fourth-order valence-corrected chi connectivity index (χ4v) is 4.08. The Morgan fingerprint density at radius 2 is 1.06 bits per heavy atom. The van der Waals surface area contributed by atoms with E-state index in [4.69, 9.17) is 4.74 Å². The van der Waals surface area contributed by atoms with Crippen molar-refractivity contribution < 1.29 is 9.53 Å². The Kier molecular flexibility index (Phi) is 6.90. The van der Waals surface area contributed by atoms with Crippen LogP contribution in [0.1, 0.15) is 27.0 Å². The van der Waals surface area contributed by atoms with Gasteiger partial charge >= 0.3 is 0 Å². The molecule has 0 saturated carbocycles. The Morgan fingerprint density at radius 1 is 0.583 bits per heavy atom. The summed E-state index contributed by atoms with van der Waals surface area (Å²) < 4.78 is 5.85. The molecule has 5 rings (SSSR count). The molecule has 0 heterocycles. The third-order valence-electron chi connectivity index (χ3n) is 6.06. The summed E-state index contributed by atoms with van der Waals surface area (Å²) in [6, 6.07) is 43.8. The van der Waals surface area contributed by atoms with Crippen molar-refractivity contribution in [1.29, 1.82) is 0 Å². The average molecular weight is 470 g/mol. The van der Waals surface area contributed by atoms with Crippen LogP contribution in [-0.4, -0.2) is 5.78 Å². The molecule has 0 aromatic heterocycles. The van der Waals surface area contributed by atoms with Crippen LogP contribution in [0, 0.1) is 6.92 Å². The van der Waals surface area contributed by atoms with Gasteiger partial charge in [-0.1, -0.05) is 78.4 Å². The van der Waals surface area contributed by atoms with Crippen molar-refractivity contribution in [2.24, 2.45) is 0 Å². The van der Waals surface area contributed by atoms with Gasteiger partial charge in [0.15, 0.2) is 5.78 Å². The zero-order chi connectivity index (χ0) is 24.7. The molecule has 0 radical (unpaired) electrons. The second kappa shape index (κ2) is 10.7. The third kappa shape index (κ3) is 5.37. The van der Waals surface area contributed by atoms with Gasteiger partial charge in [0.2, 0.25) is 0 Å². The number of benzene rings is 5. The zero-order valence-electron chi connectivity index (χ0n) is 20.2. The van der Waals surface area contributed by atoms with Crippen molar-refractivity contribution in [1.82, 2.24) is 0 Å². The van der Waals surface area contributed by atoms with E-state index in [1.165, 1.54) is 5.56 Å². The van der Waals surface area contributed by atoms with Crippen molar-refractivity contribution in [2.75, 3.05) is 4.90 Å². The van der Waals surface area contributed by atoms with Crippen LogP contribution in [-0.2, 0) is 6.61 Å². The lowest BCUT2D eigenvalue weighted by Crippen LogP contribution is -2.10. The van der Waals surface area contributed by atoms with Crippen LogP contribution in [0.25, 0.3) is 0 Å². The summed E-state index contributed by atoms with van der Waals surface area (Å²) in [5.41, 5.74) is 6.65. The molecule has 3 heteroatoms. The minimum absolute atomic E-state index is 0.00137.